The number of nitrogens with zero attached hydrogens (tertiary/aromatic N) is 3. The number of hydrogen-bond acceptors (Lipinski definition) is 7. The zero-order chi connectivity index (χ0) is 17.8. The number of aromatic nitrogens is 3. The first-order valence-corrected chi connectivity index (χ1v) is 8.78. The van der Waals surface area contributed by atoms with Crippen LogP contribution in [-0.2, 0) is 6.61 Å². The molecule has 0 amide bonds. The Labute approximate surface area is 154 Å². The third kappa shape index (κ3) is 3.43. The fraction of sp³-hybridized carbons (Fsp3) is 0.105. The normalized spacial score (nSPS) is 10.7. The summed E-state index contributed by atoms with van der Waals surface area (Å²) in [5, 5.41) is 10.5. The van der Waals surface area contributed by atoms with E-state index in [4.69, 9.17) is 13.9 Å². The molecule has 0 bridgehead atoms. The van der Waals surface area contributed by atoms with E-state index in [9.17, 15) is 0 Å². The molecular weight excluding hydrogens is 350 g/mol. The van der Waals surface area contributed by atoms with E-state index in [1.165, 1.54) is 6.39 Å². The monoisotopic (exact) mass is 365 g/mol. The van der Waals surface area contributed by atoms with Gasteiger partial charge in [-0.15, -0.1) is 21.5 Å². The molecule has 4 aromatic rings. The topological polar surface area (TPSA) is 70.3 Å². The first-order chi connectivity index (χ1) is 12.8. The van der Waals surface area contributed by atoms with E-state index in [0.717, 1.165) is 33.3 Å². The third-order valence-electron chi connectivity index (χ3n) is 3.74. The molecule has 0 spiro atoms. The van der Waals surface area contributed by atoms with Gasteiger partial charge < -0.3 is 13.9 Å². The van der Waals surface area contributed by atoms with Crippen LogP contribution in [0.2, 0.25) is 0 Å². The summed E-state index contributed by atoms with van der Waals surface area (Å²) in [6.07, 6.45) is 1.31. The van der Waals surface area contributed by atoms with Gasteiger partial charge in [0.05, 0.1) is 18.4 Å². The van der Waals surface area contributed by atoms with Crippen LogP contribution in [0.1, 0.15) is 5.69 Å². The first kappa shape index (κ1) is 16.3. The third-order valence-corrected chi connectivity index (χ3v) is 4.66. The molecule has 6 nitrogen and oxygen atoms in total. The quantitative estimate of drug-likeness (QED) is 0.503. The number of para-hydroxylation sites is 1. The van der Waals surface area contributed by atoms with E-state index in [1.54, 1.807) is 18.4 Å². The van der Waals surface area contributed by atoms with Gasteiger partial charge in [-0.1, -0.05) is 12.1 Å². The maximum atomic E-state index is 5.82. The molecule has 2 aromatic carbocycles. The SMILES string of the molecule is COc1ccccc1-c1nc(COc2ccc(-c3nnco3)cc2)cs1. The standard InChI is InChI=1S/C19H15N3O3S/c1-23-17-5-3-2-4-16(17)19-21-14(11-26-19)10-24-15-8-6-13(7-9-15)18-22-20-12-25-18/h2-9,11-12H,10H2,1H3. The minimum atomic E-state index is 0.394. The van der Waals surface area contributed by atoms with Crippen molar-refractivity contribution in [1.29, 1.82) is 0 Å². The maximum absolute atomic E-state index is 5.82. The van der Waals surface area contributed by atoms with Gasteiger partial charge in [0.15, 0.2) is 0 Å². The second-order valence-electron chi connectivity index (χ2n) is 5.40. The van der Waals surface area contributed by atoms with Gasteiger partial charge in [-0.05, 0) is 36.4 Å². The molecule has 0 aliphatic carbocycles. The molecule has 2 aromatic heterocycles. The van der Waals surface area contributed by atoms with Gasteiger partial charge in [0.2, 0.25) is 12.3 Å². The van der Waals surface area contributed by atoms with Crippen LogP contribution in [0.4, 0.5) is 0 Å². The summed E-state index contributed by atoms with van der Waals surface area (Å²) in [6.45, 7) is 0.394. The van der Waals surface area contributed by atoms with Crippen molar-refractivity contribution in [3.8, 4) is 33.5 Å². The molecule has 0 saturated heterocycles. The van der Waals surface area contributed by atoms with Gasteiger partial charge in [-0.2, -0.15) is 0 Å². The van der Waals surface area contributed by atoms with Crippen molar-refractivity contribution < 1.29 is 13.9 Å². The summed E-state index contributed by atoms with van der Waals surface area (Å²) in [5.41, 5.74) is 2.70. The summed E-state index contributed by atoms with van der Waals surface area (Å²) >= 11 is 1.57. The Morgan fingerprint density at radius 2 is 1.92 bits per heavy atom. The average Bonchev–Trinajstić information content (AvgIpc) is 3.39. The highest BCUT2D eigenvalue weighted by atomic mass is 32.1. The lowest BCUT2D eigenvalue weighted by atomic mass is 10.2. The Kier molecular flexibility index (Phi) is 4.61. The number of ether oxygens (including phenoxy) is 2. The van der Waals surface area contributed by atoms with Gasteiger partial charge >= 0.3 is 0 Å². The average molecular weight is 365 g/mol. The van der Waals surface area contributed by atoms with Crippen LogP contribution in [-0.4, -0.2) is 22.3 Å². The molecule has 0 radical (unpaired) electrons. The van der Waals surface area contributed by atoms with Crippen molar-refractivity contribution in [2.24, 2.45) is 0 Å². The Morgan fingerprint density at radius 1 is 1.08 bits per heavy atom. The van der Waals surface area contributed by atoms with E-state index in [2.05, 4.69) is 15.2 Å². The molecular formula is C19H15N3O3S. The molecule has 0 atom stereocenters. The molecule has 0 unspecified atom stereocenters. The molecule has 26 heavy (non-hydrogen) atoms. The van der Waals surface area contributed by atoms with Crippen molar-refractivity contribution in [3.05, 3.63) is 66.0 Å². The highest BCUT2D eigenvalue weighted by Crippen LogP contribution is 2.32. The van der Waals surface area contributed by atoms with Gasteiger partial charge in [0, 0.05) is 10.9 Å². The van der Waals surface area contributed by atoms with E-state index in [1.807, 2.05) is 53.9 Å². The van der Waals surface area contributed by atoms with Crippen LogP contribution in [0.3, 0.4) is 0 Å². The molecule has 0 saturated carbocycles. The number of thiazole rings is 1. The van der Waals surface area contributed by atoms with Crippen LogP contribution in [0.5, 0.6) is 11.5 Å². The Hall–Kier alpha value is -3.19. The zero-order valence-electron chi connectivity index (χ0n) is 14.0. The minimum Gasteiger partial charge on any atom is -0.496 e. The smallest absolute Gasteiger partial charge is 0.247 e. The predicted octanol–water partition coefficient (Wildman–Crippen LogP) is 4.45. The van der Waals surface area contributed by atoms with Crippen molar-refractivity contribution in [2.45, 2.75) is 6.61 Å². The predicted molar refractivity (Wildman–Crippen MR) is 98.2 cm³/mol. The number of methoxy groups -OCH3 is 1. The van der Waals surface area contributed by atoms with E-state index >= 15 is 0 Å². The first-order valence-electron chi connectivity index (χ1n) is 7.90. The van der Waals surface area contributed by atoms with Gasteiger partial charge in [0.25, 0.3) is 0 Å². The minimum absolute atomic E-state index is 0.394. The van der Waals surface area contributed by atoms with E-state index in [0.29, 0.717) is 12.5 Å². The molecule has 4 rings (SSSR count). The zero-order valence-corrected chi connectivity index (χ0v) is 14.8. The molecule has 0 aliphatic rings. The Balaban J connectivity index is 1.43. The lowest BCUT2D eigenvalue weighted by molar-refractivity contribution is 0.302. The fourth-order valence-corrected chi connectivity index (χ4v) is 3.30. The highest BCUT2D eigenvalue weighted by molar-refractivity contribution is 7.13. The fourth-order valence-electron chi connectivity index (χ4n) is 2.47. The lowest BCUT2D eigenvalue weighted by Gasteiger charge is -2.05. The van der Waals surface area contributed by atoms with Crippen molar-refractivity contribution in [2.75, 3.05) is 7.11 Å². The van der Waals surface area contributed by atoms with Gasteiger partial charge in [-0.3, -0.25) is 0 Å². The second kappa shape index (κ2) is 7.37. The lowest BCUT2D eigenvalue weighted by Crippen LogP contribution is -1.96. The van der Waals surface area contributed by atoms with Gasteiger partial charge in [0.1, 0.15) is 23.1 Å². The number of hydrogen-bond donors (Lipinski definition) is 0. The molecule has 0 aliphatic heterocycles. The van der Waals surface area contributed by atoms with Crippen molar-refractivity contribution in [3.63, 3.8) is 0 Å². The van der Waals surface area contributed by atoms with Crippen LogP contribution in [0.25, 0.3) is 22.0 Å². The maximum Gasteiger partial charge on any atom is 0.247 e. The second-order valence-corrected chi connectivity index (χ2v) is 6.26. The summed E-state index contributed by atoms with van der Waals surface area (Å²) in [4.78, 5) is 4.64. The molecule has 130 valence electrons. The molecule has 0 N–H and O–H groups in total. The van der Waals surface area contributed by atoms with Crippen molar-refractivity contribution in [1.82, 2.24) is 15.2 Å². The molecule has 2 heterocycles. The van der Waals surface area contributed by atoms with Crippen molar-refractivity contribution >= 4 is 11.3 Å². The van der Waals surface area contributed by atoms with Crippen LogP contribution in [0.15, 0.2) is 64.7 Å². The summed E-state index contributed by atoms with van der Waals surface area (Å²) in [6, 6.07) is 15.3. The van der Waals surface area contributed by atoms with Crippen LogP contribution >= 0.6 is 11.3 Å². The molecule has 0 fully saturated rings. The van der Waals surface area contributed by atoms with E-state index < -0.39 is 0 Å². The van der Waals surface area contributed by atoms with Crippen LogP contribution in [0, 0.1) is 0 Å². The van der Waals surface area contributed by atoms with Crippen LogP contribution < -0.4 is 9.47 Å². The number of rotatable bonds is 6. The largest absolute Gasteiger partial charge is 0.496 e. The summed E-state index contributed by atoms with van der Waals surface area (Å²) < 4.78 is 16.4. The Morgan fingerprint density at radius 3 is 2.69 bits per heavy atom. The Bertz CT molecular complexity index is 981. The van der Waals surface area contributed by atoms with Gasteiger partial charge in [-0.25, -0.2) is 4.98 Å². The summed E-state index contributed by atoms with van der Waals surface area (Å²) in [5.74, 6) is 2.04. The van der Waals surface area contributed by atoms with E-state index in [-0.39, 0.29) is 0 Å². The number of benzene rings is 2. The highest BCUT2D eigenvalue weighted by Gasteiger charge is 2.10. The molecule has 7 heteroatoms. The summed E-state index contributed by atoms with van der Waals surface area (Å²) in [7, 11) is 1.66.